The molecule has 1 aromatic carbocycles. The highest BCUT2D eigenvalue weighted by Gasteiger charge is 2.31. The molecule has 2 atom stereocenters. The van der Waals surface area contributed by atoms with Crippen LogP contribution in [0.25, 0.3) is 0 Å². The van der Waals surface area contributed by atoms with E-state index in [1.54, 1.807) is 12.1 Å². The van der Waals surface area contributed by atoms with E-state index in [1.165, 1.54) is 12.1 Å². The first-order valence-electron chi connectivity index (χ1n) is 5.97. The monoisotopic (exact) mass is 272 g/mol. The summed E-state index contributed by atoms with van der Waals surface area (Å²) in [5, 5.41) is 2.75. The minimum Gasteiger partial charge on any atom is -0.330 e. The number of benzene rings is 1. The van der Waals surface area contributed by atoms with Crippen LogP contribution in [0.3, 0.4) is 0 Å². The van der Waals surface area contributed by atoms with Gasteiger partial charge in [0.2, 0.25) is 5.91 Å². The van der Waals surface area contributed by atoms with E-state index in [2.05, 4.69) is 5.32 Å². The summed E-state index contributed by atoms with van der Waals surface area (Å²) in [7, 11) is 0. The zero-order valence-corrected chi connectivity index (χ0v) is 10.9. The van der Waals surface area contributed by atoms with E-state index < -0.39 is 0 Å². The third kappa shape index (κ3) is 3.43. The molecule has 0 heterocycles. The minimum absolute atomic E-state index is 0. The van der Waals surface area contributed by atoms with Crippen LogP contribution in [0.2, 0.25) is 0 Å². The summed E-state index contributed by atoms with van der Waals surface area (Å²) in [5.41, 5.74) is 6.15. The highest BCUT2D eigenvalue weighted by atomic mass is 35.5. The van der Waals surface area contributed by atoms with Crippen LogP contribution in [0.1, 0.15) is 19.3 Å². The van der Waals surface area contributed by atoms with Crippen molar-refractivity contribution >= 4 is 24.0 Å². The summed E-state index contributed by atoms with van der Waals surface area (Å²) in [6.45, 7) is 0.543. The Morgan fingerprint density at radius 2 is 2.22 bits per heavy atom. The van der Waals surface area contributed by atoms with Crippen LogP contribution in [-0.4, -0.2) is 12.5 Å². The topological polar surface area (TPSA) is 55.1 Å². The molecule has 100 valence electrons. The van der Waals surface area contributed by atoms with Crippen LogP contribution < -0.4 is 11.1 Å². The van der Waals surface area contributed by atoms with Crippen LogP contribution in [0, 0.1) is 17.7 Å². The van der Waals surface area contributed by atoms with Crippen molar-refractivity contribution < 1.29 is 9.18 Å². The number of anilines is 1. The van der Waals surface area contributed by atoms with Crippen molar-refractivity contribution in [1.29, 1.82) is 0 Å². The average molecular weight is 273 g/mol. The Morgan fingerprint density at radius 3 is 2.89 bits per heavy atom. The largest absolute Gasteiger partial charge is 0.330 e. The van der Waals surface area contributed by atoms with Gasteiger partial charge in [0.05, 0.1) is 0 Å². The number of nitrogens with two attached hydrogens (primary N) is 1. The van der Waals surface area contributed by atoms with Crippen LogP contribution >= 0.6 is 12.4 Å². The molecular formula is C13H18ClFN2O. The number of carbonyl (C=O) groups excluding carboxylic acids is 1. The second-order valence-corrected chi connectivity index (χ2v) is 4.53. The Hall–Kier alpha value is -1.13. The standard InChI is InChI=1S/C13H17FN2O.ClH/c14-10-4-2-5-11(7-10)16-13(17)12-6-1-3-9(12)8-15;/h2,4-5,7,9,12H,1,3,6,8,15H2,(H,16,17);1H/t9-,12-;/m1./s1. The first kappa shape index (κ1) is 14.9. The Balaban J connectivity index is 0.00000162. The van der Waals surface area contributed by atoms with Gasteiger partial charge in [-0.2, -0.15) is 0 Å². The fourth-order valence-electron chi connectivity index (χ4n) is 2.47. The molecule has 1 saturated carbocycles. The van der Waals surface area contributed by atoms with Gasteiger partial charge in [-0.15, -0.1) is 12.4 Å². The van der Waals surface area contributed by atoms with Crippen LogP contribution in [-0.2, 0) is 4.79 Å². The maximum Gasteiger partial charge on any atom is 0.227 e. The molecule has 0 unspecified atom stereocenters. The van der Waals surface area contributed by atoms with Gasteiger partial charge < -0.3 is 11.1 Å². The number of hydrogen-bond donors (Lipinski definition) is 2. The molecular weight excluding hydrogens is 255 g/mol. The zero-order valence-electron chi connectivity index (χ0n) is 10.1. The van der Waals surface area contributed by atoms with Crippen molar-refractivity contribution in [2.75, 3.05) is 11.9 Å². The van der Waals surface area contributed by atoms with Gasteiger partial charge >= 0.3 is 0 Å². The normalized spacial score (nSPS) is 22.3. The van der Waals surface area contributed by atoms with E-state index in [4.69, 9.17) is 5.73 Å². The lowest BCUT2D eigenvalue weighted by atomic mass is 9.95. The molecule has 1 amide bonds. The Kier molecular flexibility index (Phi) is 5.56. The van der Waals surface area contributed by atoms with Crippen molar-refractivity contribution in [2.24, 2.45) is 17.6 Å². The minimum atomic E-state index is -0.343. The summed E-state index contributed by atoms with van der Waals surface area (Å²) in [6.07, 6.45) is 2.93. The number of amides is 1. The smallest absolute Gasteiger partial charge is 0.227 e. The molecule has 1 fully saturated rings. The number of halogens is 2. The summed E-state index contributed by atoms with van der Waals surface area (Å²) >= 11 is 0. The Bertz CT molecular complexity index is 414. The third-order valence-electron chi connectivity index (χ3n) is 3.39. The number of hydrogen-bond acceptors (Lipinski definition) is 2. The summed E-state index contributed by atoms with van der Waals surface area (Å²) < 4.78 is 13.0. The van der Waals surface area contributed by atoms with Crippen molar-refractivity contribution in [2.45, 2.75) is 19.3 Å². The molecule has 5 heteroatoms. The average Bonchev–Trinajstić information content (AvgIpc) is 2.77. The maximum absolute atomic E-state index is 13.0. The van der Waals surface area contributed by atoms with Gasteiger partial charge in [0.1, 0.15) is 5.82 Å². The molecule has 1 aliphatic carbocycles. The quantitative estimate of drug-likeness (QED) is 0.888. The molecule has 3 N–H and O–H groups in total. The molecule has 0 aromatic heterocycles. The van der Waals surface area contributed by atoms with E-state index in [0.29, 0.717) is 12.2 Å². The predicted octanol–water partition coefficient (Wildman–Crippen LogP) is 2.56. The highest BCUT2D eigenvalue weighted by Crippen LogP contribution is 2.31. The number of rotatable bonds is 3. The van der Waals surface area contributed by atoms with Crippen molar-refractivity contribution in [3.63, 3.8) is 0 Å². The van der Waals surface area contributed by atoms with Crippen LogP contribution in [0.5, 0.6) is 0 Å². The Morgan fingerprint density at radius 1 is 1.44 bits per heavy atom. The molecule has 3 nitrogen and oxygen atoms in total. The van der Waals surface area contributed by atoms with Gasteiger partial charge in [-0.25, -0.2) is 4.39 Å². The Labute approximate surface area is 112 Å². The van der Waals surface area contributed by atoms with E-state index in [0.717, 1.165) is 19.3 Å². The van der Waals surface area contributed by atoms with Gasteiger partial charge in [-0.1, -0.05) is 12.5 Å². The van der Waals surface area contributed by atoms with Crippen molar-refractivity contribution in [3.8, 4) is 0 Å². The first-order valence-corrected chi connectivity index (χ1v) is 5.97. The molecule has 1 aliphatic rings. The third-order valence-corrected chi connectivity index (χ3v) is 3.39. The van der Waals surface area contributed by atoms with E-state index in [1.807, 2.05) is 0 Å². The molecule has 2 rings (SSSR count). The molecule has 0 radical (unpaired) electrons. The summed E-state index contributed by atoms with van der Waals surface area (Å²) in [5.74, 6) is -0.139. The van der Waals surface area contributed by atoms with Gasteiger partial charge in [0.15, 0.2) is 0 Å². The van der Waals surface area contributed by atoms with Crippen molar-refractivity contribution in [3.05, 3.63) is 30.1 Å². The second-order valence-electron chi connectivity index (χ2n) is 4.53. The molecule has 0 saturated heterocycles. The predicted molar refractivity (Wildman–Crippen MR) is 72.2 cm³/mol. The van der Waals surface area contributed by atoms with E-state index in [9.17, 15) is 9.18 Å². The molecule has 18 heavy (non-hydrogen) atoms. The lowest BCUT2D eigenvalue weighted by Crippen LogP contribution is -2.29. The van der Waals surface area contributed by atoms with E-state index in [-0.39, 0.29) is 36.0 Å². The highest BCUT2D eigenvalue weighted by molar-refractivity contribution is 5.92. The van der Waals surface area contributed by atoms with Gasteiger partial charge in [-0.3, -0.25) is 4.79 Å². The SMILES string of the molecule is Cl.NC[C@H]1CCC[C@H]1C(=O)Nc1cccc(F)c1. The van der Waals surface area contributed by atoms with Gasteiger partial charge in [0, 0.05) is 11.6 Å². The first-order chi connectivity index (χ1) is 8.20. The van der Waals surface area contributed by atoms with E-state index >= 15 is 0 Å². The zero-order chi connectivity index (χ0) is 12.3. The molecule has 0 spiro atoms. The molecule has 0 bridgehead atoms. The lowest BCUT2D eigenvalue weighted by molar-refractivity contribution is -0.120. The lowest BCUT2D eigenvalue weighted by Gasteiger charge is -2.17. The van der Waals surface area contributed by atoms with Crippen LogP contribution in [0.4, 0.5) is 10.1 Å². The second kappa shape index (κ2) is 6.71. The summed E-state index contributed by atoms with van der Waals surface area (Å²) in [6, 6.07) is 5.95. The molecule has 0 aliphatic heterocycles. The fraction of sp³-hybridized carbons (Fsp3) is 0.462. The number of nitrogens with one attached hydrogen (secondary N) is 1. The molecule has 1 aromatic rings. The maximum atomic E-state index is 13.0. The van der Waals surface area contributed by atoms with Crippen LogP contribution in [0.15, 0.2) is 24.3 Å². The number of carbonyl (C=O) groups is 1. The van der Waals surface area contributed by atoms with Crippen molar-refractivity contribution in [1.82, 2.24) is 0 Å². The van der Waals surface area contributed by atoms with Gasteiger partial charge in [-0.05, 0) is 43.5 Å². The summed E-state index contributed by atoms with van der Waals surface area (Å²) in [4.78, 5) is 12.0. The fourth-order valence-corrected chi connectivity index (χ4v) is 2.47. The van der Waals surface area contributed by atoms with Gasteiger partial charge in [0.25, 0.3) is 0 Å².